The number of methoxy groups -OCH3 is 1. The molecule has 1 saturated carbocycles. The molecule has 1 aliphatic carbocycles. The molecule has 0 amide bonds. The molecule has 0 N–H and O–H groups in total. The van der Waals surface area contributed by atoms with Gasteiger partial charge in [-0.3, -0.25) is 4.90 Å². The summed E-state index contributed by atoms with van der Waals surface area (Å²) in [5.41, 5.74) is 0.877. The fourth-order valence-electron chi connectivity index (χ4n) is 2.18. The summed E-state index contributed by atoms with van der Waals surface area (Å²) in [6.45, 7) is 0.711. The Kier molecular flexibility index (Phi) is 3.97. The Morgan fingerprint density at radius 3 is 2.72 bits per heavy atom. The molecule has 4 heteroatoms. The van der Waals surface area contributed by atoms with Gasteiger partial charge < -0.3 is 4.74 Å². The minimum atomic E-state index is -0.633. The minimum Gasteiger partial charge on any atom is -0.465 e. The van der Waals surface area contributed by atoms with Crippen molar-refractivity contribution >= 4 is 5.97 Å². The summed E-state index contributed by atoms with van der Waals surface area (Å²) >= 11 is 0. The van der Waals surface area contributed by atoms with E-state index in [4.69, 9.17) is 0 Å². The summed E-state index contributed by atoms with van der Waals surface area (Å²) in [5.74, 6) is -1.15. The lowest BCUT2D eigenvalue weighted by Crippen LogP contribution is -2.36. The third-order valence-corrected chi connectivity index (χ3v) is 3.57. The maximum Gasteiger partial charge on any atom is 0.340 e. The van der Waals surface area contributed by atoms with Crippen LogP contribution in [0.5, 0.6) is 0 Å². The highest BCUT2D eigenvalue weighted by Gasteiger charge is 2.22. The second-order valence-corrected chi connectivity index (χ2v) is 4.81. The normalized spacial score (nSPS) is 15.6. The molecule has 0 spiro atoms. The summed E-state index contributed by atoms with van der Waals surface area (Å²) in [4.78, 5) is 13.5. The highest BCUT2D eigenvalue weighted by atomic mass is 19.1. The lowest BCUT2D eigenvalue weighted by molar-refractivity contribution is 0.0595. The van der Waals surface area contributed by atoms with Crippen LogP contribution in [0.3, 0.4) is 0 Å². The van der Waals surface area contributed by atoms with Crippen LogP contribution in [-0.2, 0) is 11.3 Å². The number of hydrogen-bond donors (Lipinski definition) is 0. The maximum absolute atomic E-state index is 13.7. The van der Waals surface area contributed by atoms with Crippen LogP contribution in [0.2, 0.25) is 0 Å². The molecule has 0 atom stereocenters. The van der Waals surface area contributed by atoms with E-state index in [0.717, 1.165) is 5.56 Å². The summed E-state index contributed by atoms with van der Waals surface area (Å²) in [6, 6.07) is 5.31. The number of benzene rings is 1. The maximum atomic E-state index is 13.7. The summed E-state index contributed by atoms with van der Waals surface area (Å²) in [5, 5.41) is 0. The van der Waals surface area contributed by atoms with E-state index >= 15 is 0 Å². The van der Waals surface area contributed by atoms with E-state index in [0.29, 0.717) is 12.6 Å². The van der Waals surface area contributed by atoms with E-state index < -0.39 is 11.8 Å². The summed E-state index contributed by atoms with van der Waals surface area (Å²) < 4.78 is 18.2. The van der Waals surface area contributed by atoms with E-state index in [1.807, 2.05) is 0 Å². The van der Waals surface area contributed by atoms with Crippen LogP contribution in [0.25, 0.3) is 0 Å². The van der Waals surface area contributed by atoms with Crippen LogP contribution < -0.4 is 0 Å². The molecule has 2 rings (SSSR count). The number of nitrogens with zero attached hydrogens (tertiary/aromatic N) is 1. The van der Waals surface area contributed by atoms with Crippen molar-refractivity contribution in [2.75, 3.05) is 14.2 Å². The molecule has 1 aromatic rings. The minimum absolute atomic E-state index is 0.00690. The average molecular weight is 251 g/mol. The van der Waals surface area contributed by atoms with Gasteiger partial charge in [0.15, 0.2) is 0 Å². The van der Waals surface area contributed by atoms with Gasteiger partial charge in [0.25, 0.3) is 0 Å². The third-order valence-electron chi connectivity index (χ3n) is 3.57. The Morgan fingerprint density at radius 1 is 1.50 bits per heavy atom. The smallest absolute Gasteiger partial charge is 0.340 e. The molecule has 1 fully saturated rings. The zero-order valence-electron chi connectivity index (χ0n) is 10.8. The SMILES string of the molecule is COC(=O)c1ccc(CN(C)C2CCC2)cc1F. The molecule has 0 radical (unpaired) electrons. The number of carbonyl (C=O) groups is 1. The molecule has 1 aromatic carbocycles. The van der Waals surface area contributed by atoms with Crippen molar-refractivity contribution in [3.63, 3.8) is 0 Å². The van der Waals surface area contributed by atoms with Crippen LogP contribution in [0, 0.1) is 5.82 Å². The number of esters is 1. The first kappa shape index (κ1) is 13.0. The highest BCUT2D eigenvalue weighted by molar-refractivity contribution is 5.89. The third kappa shape index (κ3) is 2.70. The first-order chi connectivity index (χ1) is 8.61. The molecule has 18 heavy (non-hydrogen) atoms. The Balaban J connectivity index is 2.06. The zero-order valence-corrected chi connectivity index (χ0v) is 10.8. The van der Waals surface area contributed by atoms with E-state index in [9.17, 15) is 9.18 Å². The topological polar surface area (TPSA) is 29.5 Å². The van der Waals surface area contributed by atoms with Crippen molar-refractivity contribution < 1.29 is 13.9 Å². The molecule has 0 bridgehead atoms. The summed E-state index contributed by atoms with van der Waals surface area (Å²) in [7, 11) is 3.30. The fourth-order valence-corrected chi connectivity index (χ4v) is 2.18. The van der Waals surface area contributed by atoms with Crippen molar-refractivity contribution in [3.05, 3.63) is 35.1 Å². The van der Waals surface area contributed by atoms with Crippen LogP contribution in [0.15, 0.2) is 18.2 Å². The van der Waals surface area contributed by atoms with Gasteiger partial charge >= 0.3 is 5.97 Å². The van der Waals surface area contributed by atoms with Gasteiger partial charge in [-0.2, -0.15) is 0 Å². The molecule has 0 aliphatic heterocycles. The first-order valence-electron chi connectivity index (χ1n) is 6.19. The van der Waals surface area contributed by atoms with Crippen LogP contribution in [0.4, 0.5) is 4.39 Å². The van der Waals surface area contributed by atoms with Crippen molar-refractivity contribution in [1.29, 1.82) is 0 Å². The Morgan fingerprint density at radius 2 is 2.22 bits per heavy atom. The lowest BCUT2D eigenvalue weighted by atomic mass is 9.91. The van der Waals surface area contributed by atoms with Gasteiger partial charge in [-0.1, -0.05) is 12.5 Å². The van der Waals surface area contributed by atoms with E-state index in [1.165, 1.54) is 38.5 Å². The Labute approximate surface area is 107 Å². The van der Waals surface area contributed by atoms with Crippen LogP contribution in [-0.4, -0.2) is 31.1 Å². The van der Waals surface area contributed by atoms with E-state index in [2.05, 4.69) is 16.7 Å². The lowest BCUT2D eigenvalue weighted by Gasteiger charge is -2.34. The first-order valence-corrected chi connectivity index (χ1v) is 6.19. The molecule has 0 saturated heterocycles. The van der Waals surface area contributed by atoms with Crippen molar-refractivity contribution in [2.24, 2.45) is 0 Å². The van der Waals surface area contributed by atoms with Crippen molar-refractivity contribution in [1.82, 2.24) is 4.90 Å². The van der Waals surface area contributed by atoms with Gasteiger partial charge in [0.05, 0.1) is 12.7 Å². The molecule has 0 aromatic heterocycles. The second-order valence-electron chi connectivity index (χ2n) is 4.81. The molecule has 0 unspecified atom stereocenters. The number of rotatable bonds is 4. The quantitative estimate of drug-likeness (QED) is 0.770. The largest absolute Gasteiger partial charge is 0.465 e. The number of hydrogen-bond acceptors (Lipinski definition) is 3. The predicted molar refractivity (Wildman–Crippen MR) is 66.8 cm³/mol. The highest BCUT2D eigenvalue weighted by Crippen LogP contribution is 2.25. The molecule has 0 heterocycles. The second kappa shape index (κ2) is 5.48. The number of ether oxygens (including phenoxy) is 1. The average Bonchev–Trinajstić information content (AvgIpc) is 2.25. The van der Waals surface area contributed by atoms with E-state index in [1.54, 1.807) is 6.07 Å². The van der Waals surface area contributed by atoms with E-state index in [-0.39, 0.29) is 5.56 Å². The molecule has 1 aliphatic rings. The molecule has 3 nitrogen and oxygen atoms in total. The standard InChI is InChI=1S/C14H18FNO2/c1-16(11-4-3-5-11)9-10-6-7-12(13(15)8-10)14(17)18-2/h6-8,11H,3-5,9H2,1-2H3. The van der Waals surface area contributed by atoms with Gasteiger partial charge in [0.1, 0.15) is 5.82 Å². The molecule has 98 valence electrons. The van der Waals surface area contributed by atoms with Crippen molar-refractivity contribution in [2.45, 2.75) is 31.8 Å². The van der Waals surface area contributed by atoms with Gasteiger partial charge in [-0.15, -0.1) is 0 Å². The molecular weight excluding hydrogens is 233 g/mol. The van der Waals surface area contributed by atoms with Crippen LogP contribution in [0.1, 0.15) is 35.2 Å². The molecular formula is C14H18FNO2. The Hall–Kier alpha value is -1.42. The van der Waals surface area contributed by atoms with Gasteiger partial charge in [0.2, 0.25) is 0 Å². The van der Waals surface area contributed by atoms with Gasteiger partial charge in [0, 0.05) is 12.6 Å². The number of carbonyl (C=O) groups excluding carboxylic acids is 1. The monoisotopic (exact) mass is 251 g/mol. The fraction of sp³-hybridized carbons (Fsp3) is 0.500. The van der Waals surface area contributed by atoms with Crippen molar-refractivity contribution in [3.8, 4) is 0 Å². The van der Waals surface area contributed by atoms with Crippen LogP contribution >= 0.6 is 0 Å². The van der Waals surface area contributed by atoms with Gasteiger partial charge in [-0.25, -0.2) is 9.18 Å². The van der Waals surface area contributed by atoms with Gasteiger partial charge in [-0.05, 0) is 37.6 Å². The Bertz CT molecular complexity index is 443. The zero-order chi connectivity index (χ0) is 13.1. The number of halogens is 1. The predicted octanol–water partition coefficient (Wildman–Crippen LogP) is 2.60. The summed E-state index contributed by atoms with van der Waals surface area (Å²) in [6.07, 6.45) is 3.73.